The number of nitrogens with one attached hydrogen (secondary N) is 2. The van der Waals surface area contributed by atoms with Crippen molar-refractivity contribution >= 4 is 0 Å². The largest absolute Gasteiger partial charge is 0.316 e. The van der Waals surface area contributed by atoms with Gasteiger partial charge >= 0.3 is 0 Å². The number of aryl methyl sites for hydroxylation is 1. The number of hydrogen-bond donors (Lipinski definition) is 2. The maximum Gasteiger partial charge on any atom is 0.0202 e. The molecule has 2 N–H and O–H groups in total. The molecule has 0 saturated heterocycles. The second-order valence-electron chi connectivity index (χ2n) is 4.53. The van der Waals surface area contributed by atoms with Crippen LogP contribution in [0.1, 0.15) is 16.7 Å². The average Bonchev–Trinajstić information content (AvgIpc) is 2.44. The molecule has 2 aromatic carbocycles. The van der Waals surface area contributed by atoms with Crippen LogP contribution < -0.4 is 10.6 Å². The van der Waals surface area contributed by atoms with Crippen molar-refractivity contribution in [3.63, 3.8) is 0 Å². The van der Waals surface area contributed by atoms with E-state index in [9.17, 15) is 0 Å². The summed E-state index contributed by atoms with van der Waals surface area (Å²) in [6.07, 6.45) is 0. The fraction of sp³-hybridized carbons (Fsp3) is 0.294. The quantitative estimate of drug-likeness (QED) is 0.878. The Morgan fingerprint density at radius 3 is 1.63 bits per heavy atom. The highest BCUT2D eigenvalue weighted by atomic mass is 14.8. The molecule has 19 heavy (non-hydrogen) atoms. The van der Waals surface area contributed by atoms with Gasteiger partial charge in [0.05, 0.1) is 0 Å². The number of benzene rings is 2. The lowest BCUT2D eigenvalue weighted by Gasteiger charge is -1.98. The first kappa shape index (κ1) is 15.4. The summed E-state index contributed by atoms with van der Waals surface area (Å²) in [6.45, 7) is 4.02. The first-order valence-electron chi connectivity index (χ1n) is 6.65. The lowest BCUT2D eigenvalue weighted by molar-refractivity contribution is 0.817. The highest BCUT2D eigenvalue weighted by Crippen LogP contribution is 2.01. The zero-order valence-electron chi connectivity index (χ0n) is 12.1. The van der Waals surface area contributed by atoms with Crippen LogP contribution in [0.15, 0.2) is 54.6 Å². The molecule has 102 valence electrons. The highest BCUT2D eigenvalue weighted by molar-refractivity contribution is 5.20. The lowest BCUT2D eigenvalue weighted by Crippen LogP contribution is -2.04. The highest BCUT2D eigenvalue weighted by Gasteiger charge is 1.87. The summed E-state index contributed by atoms with van der Waals surface area (Å²) in [5, 5.41) is 6.19. The van der Waals surface area contributed by atoms with E-state index in [0.717, 1.165) is 13.1 Å². The number of rotatable bonds is 4. The van der Waals surface area contributed by atoms with Crippen molar-refractivity contribution in [1.29, 1.82) is 0 Å². The van der Waals surface area contributed by atoms with E-state index in [-0.39, 0.29) is 0 Å². The summed E-state index contributed by atoms with van der Waals surface area (Å²) in [7, 11) is 3.91. The minimum Gasteiger partial charge on any atom is -0.316 e. The summed E-state index contributed by atoms with van der Waals surface area (Å²) >= 11 is 0. The van der Waals surface area contributed by atoms with Crippen LogP contribution in [-0.4, -0.2) is 14.1 Å². The van der Waals surface area contributed by atoms with Crippen molar-refractivity contribution in [3.05, 3.63) is 71.3 Å². The third-order valence-electron chi connectivity index (χ3n) is 2.73. The van der Waals surface area contributed by atoms with E-state index in [0.29, 0.717) is 0 Å². The van der Waals surface area contributed by atoms with Crippen molar-refractivity contribution in [2.45, 2.75) is 20.0 Å². The van der Waals surface area contributed by atoms with Gasteiger partial charge in [-0.3, -0.25) is 0 Å². The topological polar surface area (TPSA) is 24.1 Å². The lowest BCUT2D eigenvalue weighted by atomic mass is 10.1. The van der Waals surface area contributed by atoms with Gasteiger partial charge in [-0.2, -0.15) is 0 Å². The van der Waals surface area contributed by atoms with Crippen molar-refractivity contribution in [2.75, 3.05) is 14.1 Å². The third kappa shape index (κ3) is 6.75. The van der Waals surface area contributed by atoms with Gasteiger partial charge in [0.2, 0.25) is 0 Å². The monoisotopic (exact) mass is 256 g/mol. The summed E-state index contributed by atoms with van der Waals surface area (Å²) < 4.78 is 0. The summed E-state index contributed by atoms with van der Waals surface area (Å²) in [6, 6.07) is 18.9. The van der Waals surface area contributed by atoms with E-state index in [1.54, 1.807) is 0 Å². The molecule has 0 saturated carbocycles. The summed E-state index contributed by atoms with van der Waals surface area (Å²) in [4.78, 5) is 0. The molecule has 0 aliphatic carbocycles. The SMILES string of the molecule is CNCc1ccc(C)cc1.CNCc1ccccc1. The molecule has 0 fully saturated rings. The van der Waals surface area contributed by atoms with E-state index in [2.05, 4.69) is 54.0 Å². The fourth-order valence-corrected chi connectivity index (χ4v) is 1.71. The van der Waals surface area contributed by atoms with Crippen LogP contribution in [0, 0.1) is 6.92 Å². The molecule has 0 radical (unpaired) electrons. The molecule has 0 aliphatic rings. The van der Waals surface area contributed by atoms with Crippen LogP contribution in [-0.2, 0) is 13.1 Å². The Morgan fingerprint density at radius 1 is 0.684 bits per heavy atom. The fourth-order valence-electron chi connectivity index (χ4n) is 1.71. The standard InChI is InChI=1S/C9H13N.C8H11N/c1-8-3-5-9(6-4-8)7-10-2;1-9-7-8-5-3-2-4-6-8/h3-6,10H,7H2,1-2H3;2-6,9H,7H2,1H3. The van der Waals surface area contributed by atoms with E-state index >= 15 is 0 Å². The Morgan fingerprint density at radius 2 is 1.16 bits per heavy atom. The Hall–Kier alpha value is -1.64. The molecule has 2 nitrogen and oxygen atoms in total. The van der Waals surface area contributed by atoms with Crippen molar-refractivity contribution in [2.24, 2.45) is 0 Å². The van der Waals surface area contributed by atoms with Gasteiger partial charge in [-0.15, -0.1) is 0 Å². The van der Waals surface area contributed by atoms with E-state index in [4.69, 9.17) is 0 Å². The summed E-state index contributed by atoms with van der Waals surface area (Å²) in [5.74, 6) is 0. The molecular weight excluding hydrogens is 232 g/mol. The maximum absolute atomic E-state index is 3.10. The Bertz CT molecular complexity index is 435. The van der Waals surface area contributed by atoms with E-state index in [1.807, 2.05) is 32.3 Å². The number of hydrogen-bond acceptors (Lipinski definition) is 2. The van der Waals surface area contributed by atoms with Crippen molar-refractivity contribution in [1.82, 2.24) is 10.6 Å². The van der Waals surface area contributed by atoms with Gasteiger partial charge in [0.15, 0.2) is 0 Å². The molecule has 0 spiro atoms. The summed E-state index contributed by atoms with van der Waals surface area (Å²) in [5.41, 5.74) is 3.99. The van der Waals surface area contributed by atoms with Crippen molar-refractivity contribution < 1.29 is 0 Å². The predicted octanol–water partition coefficient (Wildman–Crippen LogP) is 3.12. The van der Waals surface area contributed by atoms with Crippen LogP contribution in [0.5, 0.6) is 0 Å². The molecule has 0 atom stereocenters. The Kier molecular flexibility index (Phi) is 7.56. The van der Waals surface area contributed by atoms with Gasteiger partial charge in [-0.05, 0) is 32.1 Å². The van der Waals surface area contributed by atoms with Gasteiger partial charge < -0.3 is 10.6 Å². The zero-order chi connectivity index (χ0) is 13.9. The normalized spacial score (nSPS) is 9.63. The molecule has 0 bridgehead atoms. The smallest absolute Gasteiger partial charge is 0.0202 e. The van der Waals surface area contributed by atoms with Crippen LogP contribution in [0.4, 0.5) is 0 Å². The van der Waals surface area contributed by atoms with Gasteiger partial charge in [-0.1, -0.05) is 60.2 Å². The Labute approximate surface area is 116 Å². The van der Waals surface area contributed by atoms with Crippen LogP contribution in [0.3, 0.4) is 0 Å². The minimum absolute atomic E-state index is 0.959. The Balaban J connectivity index is 0.000000191. The molecular formula is C17H24N2. The maximum atomic E-state index is 3.10. The second kappa shape index (κ2) is 9.31. The van der Waals surface area contributed by atoms with Gasteiger partial charge in [0.1, 0.15) is 0 Å². The second-order valence-corrected chi connectivity index (χ2v) is 4.53. The van der Waals surface area contributed by atoms with Crippen LogP contribution in [0.25, 0.3) is 0 Å². The molecule has 2 heteroatoms. The zero-order valence-corrected chi connectivity index (χ0v) is 12.1. The minimum atomic E-state index is 0.959. The first-order chi connectivity index (χ1) is 9.26. The van der Waals surface area contributed by atoms with Gasteiger partial charge in [0.25, 0.3) is 0 Å². The third-order valence-corrected chi connectivity index (χ3v) is 2.73. The van der Waals surface area contributed by atoms with E-state index < -0.39 is 0 Å². The van der Waals surface area contributed by atoms with Crippen molar-refractivity contribution in [3.8, 4) is 0 Å². The molecule has 0 amide bonds. The first-order valence-corrected chi connectivity index (χ1v) is 6.65. The molecule has 0 aliphatic heterocycles. The molecule has 2 rings (SSSR count). The van der Waals surface area contributed by atoms with Gasteiger partial charge in [0, 0.05) is 13.1 Å². The molecule has 2 aromatic rings. The van der Waals surface area contributed by atoms with Gasteiger partial charge in [-0.25, -0.2) is 0 Å². The van der Waals surface area contributed by atoms with E-state index in [1.165, 1.54) is 16.7 Å². The van der Waals surface area contributed by atoms with Crippen LogP contribution in [0.2, 0.25) is 0 Å². The average molecular weight is 256 g/mol. The molecule has 0 unspecified atom stereocenters. The molecule has 0 heterocycles. The molecule has 0 aromatic heterocycles. The van der Waals surface area contributed by atoms with Crippen LogP contribution >= 0.6 is 0 Å². The predicted molar refractivity (Wildman–Crippen MR) is 83.1 cm³/mol.